The van der Waals surface area contributed by atoms with Crippen molar-refractivity contribution in [2.75, 3.05) is 13.1 Å². The van der Waals surface area contributed by atoms with Crippen LogP contribution in [0.15, 0.2) is 6.07 Å². The molecule has 96 valence electrons. The molecule has 5 heteroatoms. The molecule has 1 rings (SSSR count). The zero-order valence-electron chi connectivity index (χ0n) is 11.0. The summed E-state index contributed by atoms with van der Waals surface area (Å²) in [6.45, 7) is 6.89. The molecule has 17 heavy (non-hydrogen) atoms. The van der Waals surface area contributed by atoms with Gasteiger partial charge in [0.2, 0.25) is 0 Å². The van der Waals surface area contributed by atoms with Gasteiger partial charge in [0.25, 0.3) is 0 Å². The van der Waals surface area contributed by atoms with E-state index >= 15 is 0 Å². The van der Waals surface area contributed by atoms with E-state index in [4.69, 9.17) is 11.1 Å². The van der Waals surface area contributed by atoms with Gasteiger partial charge in [-0.3, -0.25) is 15.0 Å². The molecule has 0 spiro atoms. The van der Waals surface area contributed by atoms with E-state index in [1.54, 1.807) is 0 Å². The van der Waals surface area contributed by atoms with Gasteiger partial charge in [-0.25, -0.2) is 0 Å². The molecule has 0 radical (unpaired) electrons. The van der Waals surface area contributed by atoms with E-state index in [9.17, 15) is 0 Å². The van der Waals surface area contributed by atoms with E-state index < -0.39 is 0 Å². The van der Waals surface area contributed by atoms with Crippen molar-refractivity contribution in [2.24, 2.45) is 12.8 Å². The van der Waals surface area contributed by atoms with Crippen molar-refractivity contribution in [3.05, 3.63) is 17.5 Å². The molecule has 0 fully saturated rings. The molecule has 0 unspecified atom stereocenters. The van der Waals surface area contributed by atoms with Crippen LogP contribution < -0.4 is 5.73 Å². The van der Waals surface area contributed by atoms with Crippen LogP contribution in [0.3, 0.4) is 0 Å². The fraction of sp³-hybridized carbons (Fsp3) is 0.667. The summed E-state index contributed by atoms with van der Waals surface area (Å²) < 4.78 is 1.94. The lowest BCUT2D eigenvalue weighted by Gasteiger charge is -2.19. The molecule has 0 bridgehead atoms. The molecule has 5 nitrogen and oxygen atoms in total. The summed E-state index contributed by atoms with van der Waals surface area (Å²) in [5.74, 6) is 0.253. The smallest absolute Gasteiger partial charge is 0.0918 e. The quantitative estimate of drug-likeness (QED) is 0.551. The lowest BCUT2D eigenvalue weighted by molar-refractivity contribution is 0.280. The number of nitrogens with zero attached hydrogens (tertiary/aromatic N) is 3. The van der Waals surface area contributed by atoms with Crippen molar-refractivity contribution in [2.45, 2.75) is 33.2 Å². The fourth-order valence-corrected chi connectivity index (χ4v) is 1.75. The number of aromatic nitrogens is 2. The van der Waals surface area contributed by atoms with Crippen LogP contribution in [0, 0.1) is 5.41 Å². The number of aryl methyl sites for hydroxylation is 2. The van der Waals surface area contributed by atoms with E-state index in [1.807, 2.05) is 11.7 Å². The molecule has 3 N–H and O–H groups in total. The Labute approximate surface area is 103 Å². The normalized spacial score (nSPS) is 11.1. The Morgan fingerprint density at radius 1 is 1.53 bits per heavy atom. The Hall–Kier alpha value is -1.36. The predicted octanol–water partition coefficient (Wildman–Crippen LogP) is 1.13. The maximum Gasteiger partial charge on any atom is 0.0918 e. The molecule has 0 saturated heterocycles. The third-order valence-electron chi connectivity index (χ3n) is 2.92. The average molecular weight is 237 g/mol. The van der Waals surface area contributed by atoms with E-state index in [0.717, 1.165) is 31.7 Å². The summed E-state index contributed by atoms with van der Waals surface area (Å²) in [6.07, 6.45) is 1.60. The molecule has 1 aromatic heterocycles. The third-order valence-corrected chi connectivity index (χ3v) is 2.92. The van der Waals surface area contributed by atoms with Gasteiger partial charge in [-0.1, -0.05) is 13.8 Å². The van der Waals surface area contributed by atoms with Gasteiger partial charge < -0.3 is 5.73 Å². The van der Waals surface area contributed by atoms with Crippen molar-refractivity contribution in [1.29, 1.82) is 5.41 Å². The van der Waals surface area contributed by atoms with Gasteiger partial charge in [0, 0.05) is 26.6 Å². The zero-order valence-corrected chi connectivity index (χ0v) is 11.0. The minimum absolute atomic E-state index is 0.253. The molecule has 1 heterocycles. The highest BCUT2D eigenvalue weighted by molar-refractivity contribution is 5.76. The Bertz CT molecular complexity index is 369. The molecule has 0 atom stereocenters. The minimum Gasteiger partial charge on any atom is -0.388 e. The standard InChI is InChI=1S/C12H23N5/c1-4-10-8-11(16(3)15-10)9-17(5-2)7-6-12(13)14/h8H,4-7,9H2,1-3H3,(H3,13,14). The Morgan fingerprint density at radius 2 is 2.24 bits per heavy atom. The van der Waals surface area contributed by atoms with Gasteiger partial charge >= 0.3 is 0 Å². The highest BCUT2D eigenvalue weighted by Crippen LogP contribution is 2.07. The van der Waals surface area contributed by atoms with E-state index in [-0.39, 0.29) is 5.84 Å². The Kier molecular flexibility index (Phi) is 5.15. The van der Waals surface area contributed by atoms with Gasteiger partial charge in [-0.15, -0.1) is 0 Å². The van der Waals surface area contributed by atoms with Crippen LogP contribution in [0.2, 0.25) is 0 Å². The summed E-state index contributed by atoms with van der Waals surface area (Å²) >= 11 is 0. The molecule has 0 amide bonds. The summed E-state index contributed by atoms with van der Waals surface area (Å²) in [4.78, 5) is 2.28. The molecule has 0 aliphatic heterocycles. The summed E-state index contributed by atoms with van der Waals surface area (Å²) in [5.41, 5.74) is 7.73. The van der Waals surface area contributed by atoms with Gasteiger partial charge in [0.05, 0.1) is 17.2 Å². The van der Waals surface area contributed by atoms with Crippen LogP contribution in [0.5, 0.6) is 0 Å². The van der Waals surface area contributed by atoms with Gasteiger partial charge in [-0.2, -0.15) is 5.10 Å². The van der Waals surface area contributed by atoms with E-state index in [0.29, 0.717) is 6.42 Å². The molecular weight excluding hydrogens is 214 g/mol. The Morgan fingerprint density at radius 3 is 2.71 bits per heavy atom. The third kappa shape index (κ3) is 4.19. The zero-order chi connectivity index (χ0) is 12.8. The van der Waals surface area contributed by atoms with Gasteiger partial charge in [-0.05, 0) is 19.0 Å². The van der Waals surface area contributed by atoms with Crippen molar-refractivity contribution < 1.29 is 0 Å². The first-order valence-corrected chi connectivity index (χ1v) is 6.13. The lowest BCUT2D eigenvalue weighted by atomic mass is 10.2. The number of amidine groups is 1. The monoisotopic (exact) mass is 237 g/mol. The second-order valence-electron chi connectivity index (χ2n) is 4.25. The van der Waals surface area contributed by atoms with Crippen LogP contribution in [0.25, 0.3) is 0 Å². The van der Waals surface area contributed by atoms with Crippen molar-refractivity contribution in [3.8, 4) is 0 Å². The number of rotatable bonds is 7. The number of hydrogen-bond acceptors (Lipinski definition) is 3. The van der Waals surface area contributed by atoms with Crippen LogP contribution in [-0.2, 0) is 20.0 Å². The number of nitrogens with two attached hydrogens (primary N) is 1. The summed E-state index contributed by atoms with van der Waals surface area (Å²) in [5, 5.41) is 11.7. The lowest BCUT2D eigenvalue weighted by Crippen LogP contribution is -2.28. The maximum atomic E-state index is 7.25. The number of nitrogens with one attached hydrogen (secondary N) is 1. The first-order valence-electron chi connectivity index (χ1n) is 6.13. The molecule has 0 aliphatic rings. The first-order chi connectivity index (χ1) is 8.06. The van der Waals surface area contributed by atoms with Gasteiger partial charge in [0.15, 0.2) is 0 Å². The van der Waals surface area contributed by atoms with Crippen LogP contribution >= 0.6 is 0 Å². The second kappa shape index (κ2) is 6.39. The average Bonchev–Trinajstić information content (AvgIpc) is 2.65. The highest BCUT2D eigenvalue weighted by Gasteiger charge is 2.09. The van der Waals surface area contributed by atoms with Crippen molar-refractivity contribution >= 4 is 5.84 Å². The van der Waals surface area contributed by atoms with Gasteiger partial charge in [0.1, 0.15) is 0 Å². The first kappa shape index (κ1) is 13.7. The molecule has 0 saturated carbocycles. The van der Waals surface area contributed by atoms with Crippen molar-refractivity contribution in [1.82, 2.24) is 14.7 Å². The second-order valence-corrected chi connectivity index (χ2v) is 4.25. The molecule has 0 aliphatic carbocycles. The summed E-state index contributed by atoms with van der Waals surface area (Å²) in [6, 6.07) is 2.15. The van der Waals surface area contributed by atoms with E-state index in [1.165, 1.54) is 5.69 Å². The topological polar surface area (TPSA) is 70.9 Å². The SMILES string of the molecule is CCc1cc(CN(CC)CCC(=N)N)n(C)n1. The predicted molar refractivity (Wildman–Crippen MR) is 70.1 cm³/mol. The fourth-order valence-electron chi connectivity index (χ4n) is 1.75. The van der Waals surface area contributed by atoms with Crippen LogP contribution in [0.1, 0.15) is 31.7 Å². The number of hydrogen-bond donors (Lipinski definition) is 2. The van der Waals surface area contributed by atoms with Crippen LogP contribution in [-0.4, -0.2) is 33.6 Å². The maximum absolute atomic E-state index is 7.25. The highest BCUT2D eigenvalue weighted by atomic mass is 15.3. The minimum atomic E-state index is 0.253. The molecule has 0 aromatic carbocycles. The Balaban J connectivity index is 2.60. The summed E-state index contributed by atoms with van der Waals surface area (Å²) in [7, 11) is 1.98. The van der Waals surface area contributed by atoms with Crippen LogP contribution in [0.4, 0.5) is 0 Å². The molecular formula is C12H23N5. The molecule has 1 aromatic rings. The largest absolute Gasteiger partial charge is 0.388 e. The van der Waals surface area contributed by atoms with Crippen molar-refractivity contribution in [3.63, 3.8) is 0 Å². The van der Waals surface area contributed by atoms with E-state index in [2.05, 4.69) is 29.9 Å².